The molecule has 0 spiro atoms. The highest BCUT2D eigenvalue weighted by Crippen LogP contribution is 2.26. The Hall–Kier alpha value is -2.84. The Kier molecular flexibility index (Phi) is 3.09. The van der Waals surface area contributed by atoms with Gasteiger partial charge in [0.25, 0.3) is 0 Å². The predicted molar refractivity (Wildman–Crippen MR) is 66.5 cm³/mol. The van der Waals surface area contributed by atoms with Crippen LogP contribution in [-0.4, -0.2) is 26.5 Å². The first-order valence-corrected chi connectivity index (χ1v) is 5.72. The Labute approximate surface area is 114 Å². The minimum Gasteiger partial charge on any atom is -0.415 e. The molecule has 0 radical (unpaired) electrons. The van der Waals surface area contributed by atoms with Crippen LogP contribution in [0.1, 0.15) is 0 Å². The molecular formula is C12H7F3N4O2. The average molecular weight is 296 g/mol. The summed E-state index contributed by atoms with van der Waals surface area (Å²) in [7, 11) is 0. The first kappa shape index (κ1) is 13.2. The van der Waals surface area contributed by atoms with Gasteiger partial charge in [-0.2, -0.15) is 8.78 Å². The summed E-state index contributed by atoms with van der Waals surface area (Å²) in [6.45, 7) is -3.00. The van der Waals surface area contributed by atoms with E-state index in [1.54, 1.807) is 0 Å². The van der Waals surface area contributed by atoms with Gasteiger partial charge in [0.15, 0.2) is 0 Å². The van der Waals surface area contributed by atoms with Gasteiger partial charge in [-0.3, -0.25) is 0 Å². The van der Waals surface area contributed by atoms with Gasteiger partial charge in [0, 0.05) is 5.56 Å². The molecule has 3 rings (SSSR count). The number of rotatable bonds is 3. The van der Waals surface area contributed by atoms with Crippen molar-refractivity contribution >= 4 is 11.0 Å². The normalized spacial score (nSPS) is 11.2. The number of hydrogen-bond donors (Lipinski definition) is 2. The number of nitrogens with zero attached hydrogens (tertiary/aromatic N) is 2. The number of nitrogens with one attached hydrogen (secondary N) is 2. The van der Waals surface area contributed by atoms with E-state index in [1.165, 1.54) is 12.3 Å². The SMILES string of the molecule is O=c1[nH]c2c(F)ccc(-c3cnc(OC(F)F)cn3)c2[nH]1. The fourth-order valence-corrected chi connectivity index (χ4v) is 1.91. The maximum Gasteiger partial charge on any atom is 0.388 e. The fourth-order valence-electron chi connectivity index (χ4n) is 1.91. The second-order valence-electron chi connectivity index (χ2n) is 4.04. The van der Waals surface area contributed by atoms with Crippen molar-refractivity contribution in [2.45, 2.75) is 6.61 Å². The first-order chi connectivity index (χ1) is 10.0. The van der Waals surface area contributed by atoms with Crippen molar-refractivity contribution in [3.63, 3.8) is 0 Å². The number of aromatic amines is 2. The Morgan fingerprint density at radius 1 is 1.10 bits per heavy atom. The smallest absolute Gasteiger partial charge is 0.388 e. The van der Waals surface area contributed by atoms with Gasteiger partial charge in [0.2, 0.25) is 5.88 Å². The lowest BCUT2D eigenvalue weighted by atomic mass is 10.1. The molecule has 0 unspecified atom stereocenters. The molecule has 0 amide bonds. The van der Waals surface area contributed by atoms with E-state index < -0.39 is 18.1 Å². The first-order valence-electron chi connectivity index (χ1n) is 5.72. The standard InChI is InChI=1S/C12H7F3N4O2/c13-6-2-1-5(9-10(6)19-12(20)18-9)7-3-17-8(4-16-7)21-11(14)15/h1-4,11H,(H2,18,19,20). The molecule has 9 heteroatoms. The second kappa shape index (κ2) is 4.93. The third kappa shape index (κ3) is 2.45. The van der Waals surface area contributed by atoms with Crippen LogP contribution in [0.5, 0.6) is 5.88 Å². The molecule has 21 heavy (non-hydrogen) atoms. The molecule has 0 aliphatic heterocycles. The molecule has 0 fully saturated rings. The largest absolute Gasteiger partial charge is 0.415 e. The lowest BCUT2D eigenvalue weighted by Crippen LogP contribution is -2.04. The minimum atomic E-state index is -3.00. The zero-order chi connectivity index (χ0) is 15.0. The van der Waals surface area contributed by atoms with Crippen LogP contribution in [-0.2, 0) is 0 Å². The highest BCUT2D eigenvalue weighted by atomic mass is 19.3. The molecule has 3 aromatic rings. The molecule has 108 valence electrons. The summed E-state index contributed by atoms with van der Waals surface area (Å²) in [5.41, 5.74) is 0.337. The molecule has 6 nitrogen and oxygen atoms in total. The lowest BCUT2D eigenvalue weighted by Gasteiger charge is -2.05. The summed E-state index contributed by atoms with van der Waals surface area (Å²) < 4.78 is 41.7. The Balaban J connectivity index is 2.08. The van der Waals surface area contributed by atoms with E-state index in [4.69, 9.17) is 0 Å². The summed E-state index contributed by atoms with van der Waals surface area (Å²) in [5, 5.41) is 0. The maximum absolute atomic E-state index is 13.6. The highest BCUT2D eigenvalue weighted by molar-refractivity contribution is 5.90. The number of halogens is 3. The van der Waals surface area contributed by atoms with Crippen LogP contribution in [0.4, 0.5) is 13.2 Å². The van der Waals surface area contributed by atoms with Crippen molar-refractivity contribution in [3.05, 3.63) is 40.8 Å². The van der Waals surface area contributed by atoms with E-state index >= 15 is 0 Å². The average Bonchev–Trinajstić information content (AvgIpc) is 2.82. The van der Waals surface area contributed by atoms with E-state index in [0.29, 0.717) is 5.56 Å². The molecule has 0 atom stereocenters. The van der Waals surface area contributed by atoms with Crippen molar-refractivity contribution in [1.82, 2.24) is 19.9 Å². The number of aromatic nitrogens is 4. The third-order valence-corrected chi connectivity index (χ3v) is 2.75. The van der Waals surface area contributed by atoms with Crippen molar-refractivity contribution in [2.75, 3.05) is 0 Å². The van der Waals surface area contributed by atoms with Gasteiger partial charge in [-0.15, -0.1) is 0 Å². The van der Waals surface area contributed by atoms with E-state index in [0.717, 1.165) is 12.3 Å². The van der Waals surface area contributed by atoms with Gasteiger partial charge in [0.1, 0.15) is 11.3 Å². The number of ether oxygens (including phenoxy) is 1. The number of imidazole rings is 1. The molecule has 0 aliphatic rings. The highest BCUT2D eigenvalue weighted by Gasteiger charge is 2.13. The summed E-state index contributed by atoms with van der Waals surface area (Å²) in [4.78, 5) is 23.6. The molecule has 2 aromatic heterocycles. The minimum absolute atomic E-state index is 0.00667. The van der Waals surface area contributed by atoms with Crippen LogP contribution in [0.25, 0.3) is 22.3 Å². The number of benzene rings is 1. The monoisotopic (exact) mass is 296 g/mol. The zero-order valence-electron chi connectivity index (χ0n) is 10.2. The van der Waals surface area contributed by atoms with Crippen molar-refractivity contribution in [3.8, 4) is 17.1 Å². The van der Waals surface area contributed by atoms with Crippen molar-refractivity contribution in [1.29, 1.82) is 0 Å². The van der Waals surface area contributed by atoms with Gasteiger partial charge < -0.3 is 14.7 Å². The number of hydrogen-bond acceptors (Lipinski definition) is 4. The van der Waals surface area contributed by atoms with Crippen LogP contribution in [0.3, 0.4) is 0 Å². The fraction of sp³-hybridized carbons (Fsp3) is 0.0833. The van der Waals surface area contributed by atoms with Gasteiger partial charge in [-0.05, 0) is 12.1 Å². The lowest BCUT2D eigenvalue weighted by molar-refractivity contribution is -0.0530. The summed E-state index contributed by atoms with van der Waals surface area (Å²) in [6.07, 6.45) is 2.21. The quantitative estimate of drug-likeness (QED) is 0.775. The molecule has 0 aliphatic carbocycles. The van der Waals surface area contributed by atoms with Crippen molar-refractivity contribution in [2.24, 2.45) is 0 Å². The third-order valence-electron chi connectivity index (χ3n) is 2.75. The zero-order valence-corrected chi connectivity index (χ0v) is 10.2. The molecule has 0 bridgehead atoms. The summed E-state index contributed by atoms with van der Waals surface area (Å²) in [6, 6.07) is 2.56. The van der Waals surface area contributed by atoms with E-state index in [-0.39, 0.29) is 22.6 Å². The molecule has 1 aromatic carbocycles. The van der Waals surface area contributed by atoms with Gasteiger partial charge in [-0.1, -0.05) is 0 Å². The van der Waals surface area contributed by atoms with E-state index in [9.17, 15) is 18.0 Å². The van der Waals surface area contributed by atoms with Gasteiger partial charge >= 0.3 is 12.3 Å². The molecule has 0 saturated heterocycles. The second-order valence-corrected chi connectivity index (χ2v) is 4.04. The molecule has 0 saturated carbocycles. The van der Waals surface area contributed by atoms with Crippen LogP contribution in [0, 0.1) is 5.82 Å². The molecule has 2 heterocycles. The number of alkyl halides is 2. The Bertz CT molecular complexity index is 842. The molecule has 2 N–H and O–H groups in total. The van der Waals surface area contributed by atoms with Gasteiger partial charge in [0.05, 0.1) is 23.6 Å². The Morgan fingerprint density at radius 2 is 1.86 bits per heavy atom. The summed E-state index contributed by atoms with van der Waals surface area (Å²) >= 11 is 0. The predicted octanol–water partition coefficient (Wildman–Crippen LogP) is 2.05. The van der Waals surface area contributed by atoms with Gasteiger partial charge in [-0.25, -0.2) is 19.2 Å². The topological polar surface area (TPSA) is 83.7 Å². The van der Waals surface area contributed by atoms with Crippen LogP contribution < -0.4 is 10.4 Å². The summed E-state index contributed by atoms with van der Waals surface area (Å²) in [5.74, 6) is -0.938. The van der Waals surface area contributed by atoms with E-state index in [1.807, 2.05) is 0 Å². The van der Waals surface area contributed by atoms with E-state index in [2.05, 4.69) is 24.7 Å². The van der Waals surface area contributed by atoms with Crippen molar-refractivity contribution < 1.29 is 17.9 Å². The van der Waals surface area contributed by atoms with Crippen LogP contribution in [0.15, 0.2) is 29.3 Å². The Morgan fingerprint density at radius 3 is 2.52 bits per heavy atom. The number of H-pyrrole nitrogens is 2. The molecular weight excluding hydrogens is 289 g/mol. The van der Waals surface area contributed by atoms with Crippen LogP contribution >= 0.6 is 0 Å². The van der Waals surface area contributed by atoms with Crippen LogP contribution in [0.2, 0.25) is 0 Å². The maximum atomic E-state index is 13.6. The number of fused-ring (bicyclic) bond motifs is 1.